The highest BCUT2D eigenvalue weighted by Crippen LogP contribution is 2.29. The van der Waals surface area contributed by atoms with Crippen LogP contribution in [0.3, 0.4) is 0 Å². The van der Waals surface area contributed by atoms with Gasteiger partial charge in [-0.3, -0.25) is 4.79 Å². The highest BCUT2D eigenvalue weighted by Gasteiger charge is 2.14. The second-order valence-corrected chi connectivity index (χ2v) is 5.66. The van der Waals surface area contributed by atoms with E-state index in [4.69, 9.17) is 4.74 Å². The van der Waals surface area contributed by atoms with Gasteiger partial charge in [0.2, 0.25) is 0 Å². The SMILES string of the molecule is C[C@@H](Oc1ccc(F)cc1Br)c1nc2ccccc2c(=O)[nH]1. The van der Waals surface area contributed by atoms with Crippen molar-refractivity contribution in [3.8, 4) is 5.75 Å². The van der Waals surface area contributed by atoms with Gasteiger partial charge in [0.15, 0.2) is 11.9 Å². The van der Waals surface area contributed by atoms with Crippen LogP contribution < -0.4 is 10.3 Å². The maximum absolute atomic E-state index is 13.1. The zero-order chi connectivity index (χ0) is 15.7. The zero-order valence-corrected chi connectivity index (χ0v) is 13.2. The van der Waals surface area contributed by atoms with Crippen molar-refractivity contribution in [1.29, 1.82) is 0 Å². The first-order valence-electron chi connectivity index (χ1n) is 6.65. The van der Waals surface area contributed by atoms with Crippen LogP contribution in [0.1, 0.15) is 18.9 Å². The van der Waals surface area contributed by atoms with Crippen molar-refractivity contribution in [2.24, 2.45) is 0 Å². The highest BCUT2D eigenvalue weighted by atomic mass is 79.9. The summed E-state index contributed by atoms with van der Waals surface area (Å²) >= 11 is 3.25. The first kappa shape index (κ1) is 14.7. The largest absolute Gasteiger partial charge is 0.482 e. The lowest BCUT2D eigenvalue weighted by Gasteiger charge is -2.15. The highest BCUT2D eigenvalue weighted by molar-refractivity contribution is 9.10. The van der Waals surface area contributed by atoms with E-state index in [1.807, 2.05) is 6.07 Å². The summed E-state index contributed by atoms with van der Waals surface area (Å²) in [7, 11) is 0. The lowest BCUT2D eigenvalue weighted by atomic mass is 10.2. The van der Waals surface area contributed by atoms with Crippen molar-refractivity contribution in [2.75, 3.05) is 0 Å². The standard InChI is InChI=1S/C16H12BrFN2O2/c1-9(22-14-7-6-10(18)8-12(14)17)15-19-13-5-3-2-4-11(13)16(21)20-15/h2-9H,1H3,(H,19,20,21)/t9-/m1/s1. The van der Waals surface area contributed by atoms with E-state index in [-0.39, 0.29) is 11.4 Å². The molecule has 0 saturated carbocycles. The summed E-state index contributed by atoms with van der Waals surface area (Å²) < 4.78 is 19.3. The van der Waals surface area contributed by atoms with Gasteiger partial charge in [-0.25, -0.2) is 9.37 Å². The zero-order valence-electron chi connectivity index (χ0n) is 11.6. The van der Waals surface area contributed by atoms with E-state index in [1.165, 1.54) is 18.2 Å². The van der Waals surface area contributed by atoms with E-state index in [2.05, 4.69) is 25.9 Å². The number of halogens is 2. The summed E-state index contributed by atoms with van der Waals surface area (Å²) in [4.78, 5) is 19.2. The minimum atomic E-state index is -0.487. The Morgan fingerprint density at radius 1 is 1.27 bits per heavy atom. The molecule has 0 fully saturated rings. The molecule has 0 aliphatic rings. The molecule has 1 N–H and O–H groups in total. The lowest BCUT2D eigenvalue weighted by Crippen LogP contribution is -2.16. The number of fused-ring (bicyclic) bond motifs is 1. The maximum Gasteiger partial charge on any atom is 0.258 e. The quantitative estimate of drug-likeness (QED) is 0.766. The number of nitrogens with zero attached hydrogens (tertiary/aromatic N) is 1. The summed E-state index contributed by atoms with van der Waals surface area (Å²) in [6.45, 7) is 1.77. The van der Waals surface area contributed by atoms with E-state index >= 15 is 0 Å². The maximum atomic E-state index is 13.1. The van der Waals surface area contributed by atoms with E-state index in [1.54, 1.807) is 25.1 Å². The minimum absolute atomic E-state index is 0.214. The smallest absolute Gasteiger partial charge is 0.258 e. The molecule has 0 saturated heterocycles. The lowest BCUT2D eigenvalue weighted by molar-refractivity contribution is 0.215. The number of hydrogen-bond donors (Lipinski definition) is 1. The number of nitrogens with one attached hydrogen (secondary N) is 1. The van der Waals surface area contributed by atoms with Crippen LogP contribution in [-0.2, 0) is 0 Å². The summed E-state index contributed by atoms with van der Waals surface area (Å²) in [6, 6.07) is 11.2. The topological polar surface area (TPSA) is 55.0 Å². The van der Waals surface area contributed by atoms with Crippen LogP contribution in [0, 0.1) is 5.82 Å². The summed E-state index contributed by atoms with van der Waals surface area (Å²) in [5.74, 6) is 0.536. The normalized spacial score (nSPS) is 12.3. The molecule has 0 unspecified atom stereocenters. The number of aromatic nitrogens is 2. The summed E-state index contributed by atoms with van der Waals surface area (Å²) in [5, 5.41) is 0.529. The Hall–Kier alpha value is -2.21. The molecule has 0 bridgehead atoms. The molecule has 0 radical (unpaired) electrons. The second kappa shape index (κ2) is 5.88. The minimum Gasteiger partial charge on any atom is -0.482 e. The van der Waals surface area contributed by atoms with Gasteiger partial charge in [-0.15, -0.1) is 0 Å². The first-order valence-corrected chi connectivity index (χ1v) is 7.44. The summed E-state index contributed by atoms with van der Waals surface area (Å²) in [5.41, 5.74) is 0.393. The average Bonchev–Trinajstić information content (AvgIpc) is 2.50. The van der Waals surface area contributed by atoms with Crippen molar-refractivity contribution < 1.29 is 9.13 Å². The van der Waals surface area contributed by atoms with E-state index in [0.29, 0.717) is 26.9 Å². The monoisotopic (exact) mass is 362 g/mol. The van der Waals surface area contributed by atoms with Gasteiger partial charge in [-0.1, -0.05) is 12.1 Å². The number of ether oxygens (including phenoxy) is 1. The van der Waals surface area contributed by atoms with Crippen LogP contribution in [0.5, 0.6) is 5.75 Å². The van der Waals surface area contributed by atoms with Gasteiger partial charge >= 0.3 is 0 Å². The van der Waals surface area contributed by atoms with E-state index in [9.17, 15) is 9.18 Å². The van der Waals surface area contributed by atoms with Gasteiger partial charge < -0.3 is 9.72 Å². The molecule has 0 amide bonds. The Morgan fingerprint density at radius 3 is 2.82 bits per heavy atom. The molecule has 2 aromatic carbocycles. The third-order valence-corrected chi connectivity index (χ3v) is 3.83. The molecule has 0 spiro atoms. The Labute approximate surface area is 134 Å². The molecule has 3 aromatic rings. The molecule has 3 rings (SSSR count). The fourth-order valence-corrected chi connectivity index (χ4v) is 2.56. The molecule has 1 heterocycles. The third-order valence-electron chi connectivity index (χ3n) is 3.21. The molecular formula is C16H12BrFN2O2. The fraction of sp³-hybridized carbons (Fsp3) is 0.125. The molecule has 22 heavy (non-hydrogen) atoms. The Balaban J connectivity index is 1.95. The van der Waals surface area contributed by atoms with Gasteiger partial charge in [0, 0.05) is 0 Å². The van der Waals surface area contributed by atoms with Crippen molar-refractivity contribution in [1.82, 2.24) is 9.97 Å². The number of para-hydroxylation sites is 1. The van der Waals surface area contributed by atoms with Gasteiger partial charge in [-0.05, 0) is 53.2 Å². The van der Waals surface area contributed by atoms with Gasteiger partial charge in [0.05, 0.1) is 15.4 Å². The number of H-pyrrole nitrogens is 1. The van der Waals surface area contributed by atoms with Gasteiger partial charge in [-0.2, -0.15) is 0 Å². The molecule has 6 heteroatoms. The molecule has 1 atom stereocenters. The second-order valence-electron chi connectivity index (χ2n) is 4.80. The van der Waals surface area contributed by atoms with Gasteiger partial charge in [0.25, 0.3) is 5.56 Å². The van der Waals surface area contributed by atoms with Crippen LogP contribution in [0.2, 0.25) is 0 Å². The van der Waals surface area contributed by atoms with Crippen molar-refractivity contribution in [2.45, 2.75) is 13.0 Å². The molecular weight excluding hydrogens is 351 g/mol. The first-order chi connectivity index (χ1) is 10.5. The van der Waals surface area contributed by atoms with Crippen LogP contribution >= 0.6 is 15.9 Å². The predicted octanol–water partition coefficient (Wildman–Crippen LogP) is 3.96. The third kappa shape index (κ3) is 2.87. The molecule has 0 aliphatic carbocycles. The van der Waals surface area contributed by atoms with Crippen LogP contribution in [-0.4, -0.2) is 9.97 Å². The van der Waals surface area contributed by atoms with Crippen molar-refractivity contribution in [3.63, 3.8) is 0 Å². The van der Waals surface area contributed by atoms with Crippen LogP contribution in [0.15, 0.2) is 51.7 Å². The molecule has 1 aromatic heterocycles. The Kier molecular flexibility index (Phi) is 3.94. The Morgan fingerprint density at radius 2 is 2.05 bits per heavy atom. The number of aromatic amines is 1. The van der Waals surface area contributed by atoms with E-state index < -0.39 is 6.10 Å². The van der Waals surface area contributed by atoms with E-state index in [0.717, 1.165) is 0 Å². The fourth-order valence-electron chi connectivity index (χ4n) is 2.11. The van der Waals surface area contributed by atoms with Crippen LogP contribution in [0.4, 0.5) is 4.39 Å². The van der Waals surface area contributed by atoms with Crippen LogP contribution in [0.25, 0.3) is 10.9 Å². The summed E-state index contributed by atoms with van der Waals surface area (Å²) in [6.07, 6.45) is -0.487. The molecule has 112 valence electrons. The Bertz CT molecular complexity index is 895. The average molecular weight is 363 g/mol. The number of rotatable bonds is 3. The van der Waals surface area contributed by atoms with Crippen molar-refractivity contribution >= 4 is 26.8 Å². The predicted molar refractivity (Wildman–Crippen MR) is 85.5 cm³/mol. The van der Waals surface area contributed by atoms with Gasteiger partial charge in [0.1, 0.15) is 11.6 Å². The van der Waals surface area contributed by atoms with Crippen molar-refractivity contribution in [3.05, 3.63) is 68.9 Å². The molecule has 4 nitrogen and oxygen atoms in total. The number of hydrogen-bond acceptors (Lipinski definition) is 3. The number of benzene rings is 2. The molecule has 0 aliphatic heterocycles.